The van der Waals surface area contributed by atoms with Gasteiger partial charge in [0.1, 0.15) is 12.2 Å². The third-order valence-electron chi connectivity index (χ3n) is 2.72. The van der Waals surface area contributed by atoms with E-state index < -0.39 is 0 Å². The summed E-state index contributed by atoms with van der Waals surface area (Å²) in [5, 5.41) is 11.3. The van der Waals surface area contributed by atoms with Gasteiger partial charge in [-0.2, -0.15) is 0 Å². The highest BCUT2D eigenvalue weighted by Crippen LogP contribution is 2.32. The second-order valence-corrected chi connectivity index (χ2v) is 3.87. The van der Waals surface area contributed by atoms with Crippen LogP contribution in [0.25, 0.3) is 0 Å². The van der Waals surface area contributed by atoms with Gasteiger partial charge in [-0.1, -0.05) is 0 Å². The standard InChI is InChI=1S/C9H16N4/c1-7(8-3-4-8)10-5-9-12-11-6-13(9)2/h6-8,10H,3-5H2,1-2H3. The van der Waals surface area contributed by atoms with Gasteiger partial charge in [0, 0.05) is 13.1 Å². The fourth-order valence-corrected chi connectivity index (χ4v) is 1.48. The molecule has 1 aromatic rings. The predicted molar refractivity (Wildman–Crippen MR) is 50.0 cm³/mol. The molecule has 0 bridgehead atoms. The molecular weight excluding hydrogens is 164 g/mol. The molecule has 1 heterocycles. The van der Waals surface area contributed by atoms with Crippen molar-refractivity contribution in [1.29, 1.82) is 0 Å². The van der Waals surface area contributed by atoms with Crippen molar-refractivity contribution < 1.29 is 0 Å². The fourth-order valence-electron chi connectivity index (χ4n) is 1.48. The Bertz CT molecular complexity index is 277. The van der Waals surface area contributed by atoms with E-state index in [1.807, 2.05) is 11.6 Å². The second kappa shape index (κ2) is 3.46. The summed E-state index contributed by atoms with van der Waals surface area (Å²) >= 11 is 0. The Kier molecular flexibility index (Phi) is 2.31. The van der Waals surface area contributed by atoms with Gasteiger partial charge in [0.25, 0.3) is 0 Å². The first-order valence-electron chi connectivity index (χ1n) is 4.83. The Morgan fingerprint density at radius 3 is 3.00 bits per heavy atom. The van der Waals surface area contributed by atoms with E-state index in [4.69, 9.17) is 0 Å². The third kappa shape index (κ3) is 2.06. The zero-order valence-corrected chi connectivity index (χ0v) is 8.20. The van der Waals surface area contributed by atoms with Gasteiger partial charge in [-0.05, 0) is 25.7 Å². The molecule has 4 heteroatoms. The molecular formula is C9H16N4. The van der Waals surface area contributed by atoms with Crippen molar-refractivity contribution in [2.45, 2.75) is 32.4 Å². The Hall–Kier alpha value is -0.900. The molecule has 1 unspecified atom stereocenters. The number of rotatable bonds is 4. The maximum atomic E-state index is 4.02. The molecule has 0 saturated heterocycles. The van der Waals surface area contributed by atoms with E-state index in [9.17, 15) is 0 Å². The number of hydrogen-bond acceptors (Lipinski definition) is 3. The van der Waals surface area contributed by atoms with E-state index >= 15 is 0 Å². The van der Waals surface area contributed by atoms with Crippen LogP contribution in [0.15, 0.2) is 6.33 Å². The number of nitrogens with zero attached hydrogens (tertiary/aromatic N) is 3. The lowest BCUT2D eigenvalue weighted by atomic mass is 10.2. The molecule has 1 aromatic heterocycles. The third-order valence-corrected chi connectivity index (χ3v) is 2.72. The van der Waals surface area contributed by atoms with E-state index in [1.54, 1.807) is 6.33 Å². The molecule has 0 radical (unpaired) electrons. The fraction of sp³-hybridized carbons (Fsp3) is 0.778. The molecule has 2 rings (SSSR count). The zero-order chi connectivity index (χ0) is 9.26. The first-order valence-corrected chi connectivity index (χ1v) is 4.83. The van der Waals surface area contributed by atoms with E-state index in [0.29, 0.717) is 6.04 Å². The van der Waals surface area contributed by atoms with Crippen molar-refractivity contribution in [2.75, 3.05) is 0 Å². The molecule has 1 fully saturated rings. The highest BCUT2D eigenvalue weighted by Gasteiger charge is 2.27. The molecule has 0 aromatic carbocycles. The van der Waals surface area contributed by atoms with Gasteiger partial charge in [0.15, 0.2) is 0 Å². The van der Waals surface area contributed by atoms with Crippen LogP contribution in [0.4, 0.5) is 0 Å². The van der Waals surface area contributed by atoms with Crippen LogP contribution < -0.4 is 5.32 Å². The topological polar surface area (TPSA) is 42.7 Å². The lowest BCUT2D eigenvalue weighted by Crippen LogP contribution is -2.28. The molecule has 1 aliphatic carbocycles. The van der Waals surface area contributed by atoms with Crippen molar-refractivity contribution in [3.63, 3.8) is 0 Å². The van der Waals surface area contributed by atoms with Crippen molar-refractivity contribution in [2.24, 2.45) is 13.0 Å². The molecule has 0 amide bonds. The molecule has 13 heavy (non-hydrogen) atoms. The second-order valence-electron chi connectivity index (χ2n) is 3.87. The summed E-state index contributed by atoms with van der Waals surface area (Å²) in [6.07, 6.45) is 4.50. The molecule has 72 valence electrons. The summed E-state index contributed by atoms with van der Waals surface area (Å²) in [5.74, 6) is 1.90. The Balaban J connectivity index is 1.81. The van der Waals surface area contributed by atoms with Crippen LogP contribution in [0.3, 0.4) is 0 Å². The van der Waals surface area contributed by atoms with Crippen LogP contribution in [-0.2, 0) is 13.6 Å². The van der Waals surface area contributed by atoms with Gasteiger partial charge in [0.05, 0.1) is 6.54 Å². The number of hydrogen-bond donors (Lipinski definition) is 1. The highest BCUT2D eigenvalue weighted by atomic mass is 15.3. The van der Waals surface area contributed by atoms with Crippen LogP contribution in [0.2, 0.25) is 0 Å². The maximum Gasteiger partial charge on any atom is 0.146 e. The van der Waals surface area contributed by atoms with E-state index in [1.165, 1.54) is 12.8 Å². The van der Waals surface area contributed by atoms with Crippen LogP contribution in [0.1, 0.15) is 25.6 Å². The summed E-state index contributed by atoms with van der Waals surface area (Å²) in [4.78, 5) is 0. The van der Waals surface area contributed by atoms with Gasteiger partial charge >= 0.3 is 0 Å². The molecule has 1 N–H and O–H groups in total. The van der Waals surface area contributed by atoms with Crippen molar-refractivity contribution in [1.82, 2.24) is 20.1 Å². The zero-order valence-electron chi connectivity index (χ0n) is 8.20. The monoisotopic (exact) mass is 180 g/mol. The van der Waals surface area contributed by atoms with Crippen molar-refractivity contribution in [3.05, 3.63) is 12.2 Å². The summed E-state index contributed by atoms with van der Waals surface area (Å²) in [6, 6.07) is 0.622. The Morgan fingerprint density at radius 2 is 2.46 bits per heavy atom. The SMILES string of the molecule is CC(NCc1nncn1C)C1CC1. The average Bonchev–Trinajstić information content (AvgIpc) is 2.88. The minimum absolute atomic E-state index is 0.622. The normalized spacial score (nSPS) is 18.9. The quantitative estimate of drug-likeness (QED) is 0.741. The Labute approximate surface area is 78.4 Å². The largest absolute Gasteiger partial charge is 0.320 e. The maximum absolute atomic E-state index is 4.02. The molecule has 0 aliphatic heterocycles. The Morgan fingerprint density at radius 1 is 1.69 bits per heavy atom. The first kappa shape index (κ1) is 8.69. The van der Waals surface area contributed by atoms with Gasteiger partial charge in [-0.25, -0.2) is 0 Å². The predicted octanol–water partition coefficient (Wildman–Crippen LogP) is 0.703. The van der Waals surface area contributed by atoms with E-state index in [-0.39, 0.29) is 0 Å². The smallest absolute Gasteiger partial charge is 0.146 e. The molecule has 1 saturated carbocycles. The van der Waals surface area contributed by atoms with E-state index in [0.717, 1.165) is 18.3 Å². The van der Waals surface area contributed by atoms with Crippen LogP contribution >= 0.6 is 0 Å². The molecule has 1 atom stereocenters. The van der Waals surface area contributed by atoms with Gasteiger partial charge < -0.3 is 9.88 Å². The van der Waals surface area contributed by atoms with Crippen LogP contribution in [0.5, 0.6) is 0 Å². The highest BCUT2D eigenvalue weighted by molar-refractivity contribution is 4.88. The molecule has 0 spiro atoms. The minimum Gasteiger partial charge on any atom is -0.320 e. The summed E-state index contributed by atoms with van der Waals surface area (Å²) in [7, 11) is 1.97. The van der Waals surface area contributed by atoms with Crippen molar-refractivity contribution >= 4 is 0 Å². The summed E-state index contributed by atoms with van der Waals surface area (Å²) in [5.41, 5.74) is 0. The first-order chi connectivity index (χ1) is 6.27. The molecule has 1 aliphatic rings. The number of aromatic nitrogens is 3. The lowest BCUT2D eigenvalue weighted by molar-refractivity contribution is 0.482. The van der Waals surface area contributed by atoms with Crippen molar-refractivity contribution in [3.8, 4) is 0 Å². The number of aryl methyl sites for hydroxylation is 1. The van der Waals surface area contributed by atoms with Gasteiger partial charge in [-0.15, -0.1) is 10.2 Å². The van der Waals surface area contributed by atoms with E-state index in [2.05, 4.69) is 22.4 Å². The average molecular weight is 180 g/mol. The van der Waals surface area contributed by atoms with Crippen LogP contribution in [-0.4, -0.2) is 20.8 Å². The summed E-state index contributed by atoms with van der Waals surface area (Å²) < 4.78 is 1.95. The van der Waals surface area contributed by atoms with Gasteiger partial charge in [-0.3, -0.25) is 0 Å². The summed E-state index contributed by atoms with van der Waals surface area (Å²) in [6.45, 7) is 3.07. The van der Waals surface area contributed by atoms with Gasteiger partial charge in [0.2, 0.25) is 0 Å². The number of nitrogens with one attached hydrogen (secondary N) is 1. The lowest BCUT2D eigenvalue weighted by Gasteiger charge is -2.11. The minimum atomic E-state index is 0.622. The van der Waals surface area contributed by atoms with Crippen LogP contribution in [0, 0.1) is 5.92 Å². The molecule has 4 nitrogen and oxygen atoms in total.